The largest absolute Gasteiger partial charge is 0.345 e. The summed E-state index contributed by atoms with van der Waals surface area (Å²) in [5.41, 5.74) is 4.59. The van der Waals surface area contributed by atoms with Gasteiger partial charge in [0.15, 0.2) is 5.13 Å². The fraction of sp³-hybridized carbons (Fsp3) is 0.333. The fourth-order valence-electron chi connectivity index (χ4n) is 4.40. The molecular formula is C24H24N4O3S. The molecule has 3 heterocycles. The number of aryl methyl sites for hydroxylation is 2. The SMILES string of the molecule is Cc1cc(C)c2sc(N3CCN(C(=O)c4ccc(N5C(=O)CCC5=O)cc4)CC3)nc2c1. The van der Waals surface area contributed by atoms with Crippen molar-refractivity contribution in [3.8, 4) is 0 Å². The normalized spacial score (nSPS) is 17.0. The molecule has 3 aromatic rings. The van der Waals surface area contributed by atoms with Gasteiger partial charge < -0.3 is 9.80 Å². The van der Waals surface area contributed by atoms with E-state index in [4.69, 9.17) is 4.98 Å². The van der Waals surface area contributed by atoms with Crippen LogP contribution in [0.25, 0.3) is 10.2 Å². The average molecular weight is 449 g/mol. The van der Waals surface area contributed by atoms with Crippen LogP contribution in [0.1, 0.15) is 34.3 Å². The third-order valence-electron chi connectivity index (χ3n) is 6.07. The molecule has 2 aromatic carbocycles. The van der Waals surface area contributed by atoms with Crippen molar-refractivity contribution >= 4 is 50.1 Å². The highest BCUT2D eigenvalue weighted by atomic mass is 32.1. The number of hydrogen-bond donors (Lipinski definition) is 0. The van der Waals surface area contributed by atoms with Crippen LogP contribution in [0.15, 0.2) is 36.4 Å². The molecule has 2 aliphatic rings. The van der Waals surface area contributed by atoms with Crippen LogP contribution in [0.2, 0.25) is 0 Å². The van der Waals surface area contributed by atoms with Crippen LogP contribution in [-0.4, -0.2) is 53.8 Å². The van der Waals surface area contributed by atoms with E-state index in [-0.39, 0.29) is 30.6 Å². The number of piperazine rings is 1. The lowest BCUT2D eigenvalue weighted by molar-refractivity contribution is -0.121. The second-order valence-electron chi connectivity index (χ2n) is 8.38. The zero-order valence-electron chi connectivity index (χ0n) is 18.1. The Labute approximate surface area is 190 Å². The van der Waals surface area contributed by atoms with Gasteiger partial charge in [-0.25, -0.2) is 4.98 Å². The number of fused-ring (bicyclic) bond motifs is 1. The number of amides is 3. The standard InChI is InChI=1S/C24H24N4O3S/c1-15-13-16(2)22-19(14-15)25-24(32-22)27-11-9-26(10-12-27)23(31)17-3-5-18(6-4-17)28-20(29)7-8-21(28)30/h3-6,13-14H,7-12H2,1-2H3. The maximum Gasteiger partial charge on any atom is 0.253 e. The molecule has 0 unspecified atom stereocenters. The van der Waals surface area contributed by atoms with Crippen LogP contribution >= 0.6 is 11.3 Å². The molecule has 7 nitrogen and oxygen atoms in total. The highest BCUT2D eigenvalue weighted by Gasteiger charge is 2.30. The number of benzene rings is 2. The zero-order valence-corrected chi connectivity index (χ0v) is 18.9. The van der Waals surface area contributed by atoms with Gasteiger partial charge in [0, 0.05) is 44.6 Å². The van der Waals surface area contributed by atoms with Crippen molar-refractivity contribution < 1.29 is 14.4 Å². The van der Waals surface area contributed by atoms with Gasteiger partial charge in [-0.2, -0.15) is 0 Å². The van der Waals surface area contributed by atoms with Gasteiger partial charge in [0.25, 0.3) is 5.91 Å². The van der Waals surface area contributed by atoms with E-state index in [0.717, 1.165) is 23.7 Å². The molecule has 8 heteroatoms. The van der Waals surface area contributed by atoms with Crippen molar-refractivity contribution in [1.29, 1.82) is 0 Å². The van der Waals surface area contributed by atoms with E-state index in [1.807, 2.05) is 4.90 Å². The first-order valence-corrected chi connectivity index (χ1v) is 11.6. The molecule has 2 aliphatic heterocycles. The van der Waals surface area contributed by atoms with Crippen LogP contribution in [0.4, 0.5) is 10.8 Å². The van der Waals surface area contributed by atoms with E-state index in [1.165, 1.54) is 20.7 Å². The number of carbonyl (C=O) groups is 3. The predicted molar refractivity (Wildman–Crippen MR) is 125 cm³/mol. The summed E-state index contributed by atoms with van der Waals surface area (Å²) in [6.07, 6.45) is 0.495. The van der Waals surface area contributed by atoms with Crippen molar-refractivity contribution in [2.75, 3.05) is 36.0 Å². The molecule has 2 fully saturated rings. The minimum atomic E-state index is -0.189. The van der Waals surface area contributed by atoms with Gasteiger partial charge in [0.05, 0.1) is 15.9 Å². The molecule has 164 valence electrons. The Morgan fingerprint density at radius 1 is 0.938 bits per heavy atom. The second kappa shape index (κ2) is 8.02. The van der Waals surface area contributed by atoms with E-state index in [9.17, 15) is 14.4 Å². The first-order valence-electron chi connectivity index (χ1n) is 10.8. The minimum absolute atomic E-state index is 0.0361. The third-order valence-corrected chi connectivity index (χ3v) is 7.34. The second-order valence-corrected chi connectivity index (χ2v) is 9.35. The number of carbonyl (C=O) groups excluding carboxylic acids is 3. The maximum atomic E-state index is 13.0. The number of rotatable bonds is 3. The monoisotopic (exact) mass is 448 g/mol. The van der Waals surface area contributed by atoms with Gasteiger partial charge in [-0.15, -0.1) is 0 Å². The molecule has 0 radical (unpaired) electrons. The van der Waals surface area contributed by atoms with Gasteiger partial charge >= 0.3 is 0 Å². The van der Waals surface area contributed by atoms with Gasteiger partial charge in [-0.05, 0) is 55.3 Å². The van der Waals surface area contributed by atoms with E-state index in [0.29, 0.717) is 24.3 Å². The molecule has 0 saturated carbocycles. The van der Waals surface area contributed by atoms with E-state index in [2.05, 4.69) is 30.9 Å². The minimum Gasteiger partial charge on any atom is -0.345 e. The summed E-state index contributed by atoms with van der Waals surface area (Å²) in [6, 6.07) is 11.0. The molecule has 0 bridgehead atoms. The summed E-state index contributed by atoms with van der Waals surface area (Å²) in [6.45, 7) is 6.92. The Bertz CT molecular complexity index is 1210. The lowest BCUT2D eigenvalue weighted by Crippen LogP contribution is -2.48. The number of imide groups is 1. The predicted octanol–water partition coefficient (Wildman–Crippen LogP) is 3.53. The van der Waals surface area contributed by atoms with E-state index < -0.39 is 0 Å². The van der Waals surface area contributed by atoms with Crippen LogP contribution in [0, 0.1) is 13.8 Å². The Morgan fingerprint density at radius 2 is 1.59 bits per heavy atom. The van der Waals surface area contributed by atoms with E-state index in [1.54, 1.807) is 35.6 Å². The molecule has 5 rings (SSSR count). The van der Waals surface area contributed by atoms with Crippen LogP contribution in [0.5, 0.6) is 0 Å². The Kier molecular flexibility index (Phi) is 5.17. The summed E-state index contributed by atoms with van der Waals surface area (Å²) >= 11 is 1.71. The smallest absolute Gasteiger partial charge is 0.253 e. The van der Waals surface area contributed by atoms with Gasteiger partial charge in [0.1, 0.15) is 0 Å². The third kappa shape index (κ3) is 3.64. The summed E-state index contributed by atoms with van der Waals surface area (Å²) in [7, 11) is 0. The van der Waals surface area contributed by atoms with Crippen molar-refractivity contribution in [3.05, 3.63) is 53.1 Å². The van der Waals surface area contributed by atoms with Crippen LogP contribution < -0.4 is 9.80 Å². The molecule has 1 aromatic heterocycles. The lowest BCUT2D eigenvalue weighted by Gasteiger charge is -2.34. The first-order chi connectivity index (χ1) is 15.4. The zero-order chi connectivity index (χ0) is 22.4. The molecule has 3 amide bonds. The molecule has 0 N–H and O–H groups in total. The summed E-state index contributed by atoms with van der Waals surface area (Å²) in [5.74, 6) is -0.415. The Balaban J connectivity index is 1.25. The number of hydrogen-bond acceptors (Lipinski definition) is 6. The molecule has 0 atom stereocenters. The molecule has 0 aliphatic carbocycles. The molecule has 0 spiro atoms. The first kappa shape index (κ1) is 20.6. The van der Waals surface area contributed by atoms with Gasteiger partial charge in [0.2, 0.25) is 11.8 Å². The molecule has 2 saturated heterocycles. The van der Waals surface area contributed by atoms with Gasteiger partial charge in [-0.1, -0.05) is 17.4 Å². The Hall–Kier alpha value is -3.26. The molecule has 32 heavy (non-hydrogen) atoms. The van der Waals surface area contributed by atoms with Crippen molar-refractivity contribution in [1.82, 2.24) is 9.88 Å². The number of nitrogens with zero attached hydrogens (tertiary/aromatic N) is 4. The van der Waals surface area contributed by atoms with E-state index >= 15 is 0 Å². The summed E-state index contributed by atoms with van der Waals surface area (Å²) in [4.78, 5) is 46.9. The summed E-state index contributed by atoms with van der Waals surface area (Å²) < 4.78 is 1.22. The number of aromatic nitrogens is 1. The lowest BCUT2D eigenvalue weighted by atomic mass is 10.1. The average Bonchev–Trinajstić information content (AvgIpc) is 3.36. The quantitative estimate of drug-likeness (QED) is 0.573. The molecular weight excluding hydrogens is 424 g/mol. The highest BCUT2D eigenvalue weighted by Crippen LogP contribution is 2.32. The van der Waals surface area contributed by atoms with Crippen molar-refractivity contribution in [2.24, 2.45) is 0 Å². The summed E-state index contributed by atoms with van der Waals surface area (Å²) in [5, 5.41) is 1.00. The topological polar surface area (TPSA) is 73.8 Å². The van der Waals surface area contributed by atoms with Crippen LogP contribution in [0.3, 0.4) is 0 Å². The van der Waals surface area contributed by atoms with Crippen molar-refractivity contribution in [2.45, 2.75) is 26.7 Å². The van der Waals surface area contributed by atoms with Crippen molar-refractivity contribution in [3.63, 3.8) is 0 Å². The maximum absolute atomic E-state index is 13.0. The number of thiazole rings is 1. The number of anilines is 2. The highest BCUT2D eigenvalue weighted by molar-refractivity contribution is 7.22. The fourth-order valence-corrected chi connectivity index (χ4v) is 5.47. The Morgan fingerprint density at radius 3 is 2.25 bits per heavy atom. The van der Waals surface area contributed by atoms with Gasteiger partial charge in [-0.3, -0.25) is 19.3 Å². The van der Waals surface area contributed by atoms with Crippen LogP contribution in [-0.2, 0) is 9.59 Å².